The van der Waals surface area contributed by atoms with Crippen LogP contribution in [-0.2, 0) is 34.5 Å². The fraction of sp³-hybridized carbons (Fsp3) is 0.138. The van der Waals surface area contributed by atoms with Gasteiger partial charge in [0.1, 0.15) is 15.9 Å². The molecule has 0 saturated carbocycles. The zero-order chi connectivity index (χ0) is 37.7. The van der Waals surface area contributed by atoms with Crippen LogP contribution in [0, 0.1) is 13.8 Å². The molecule has 0 aliphatic carbocycles. The zero-order valence-corrected chi connectivity index (χ0v) is 28.7. The van der Waals surface area contributed by atoms with Gasteiger partial charge in [-0.1, -0.05) is 17.7 Å². The first-order valence-electron chi connectivity index (χ1n) is 14.0. The van der Waals surface area contributed by atoms with E-state index in [2.05, 4.69) is 35.5 Å². The minimum atomic E-state index is -5.05. The van der Waals surface area contributed by atoms with Gasteiger partial charge in [0.25, 0.3) is 10.1 Å². The van der Waals surface area contributed by atoms with E-state index in [1.54, 1.807) is 31.2 Å². The molecule has 4 aromatic carbocycles. The number of anilines is 2. The molecule has 0 atom stereocenters. The Morgan fingerprint density at radius 3 is 1.96 bits per heavy atom. The minimum Gasteiger partial charge on any atom is -0.478 e. The van der Waals surface area contributed by atoms with Crippen LogP contribution in [0.1, 0.15) is 21.5 Å². The van der Waals surface area contributed by atoms with Gasteiger partial charge in [-0.15, -0.1) is 5.11 Å². The van der Waals surface area contributed by atoms with Crippen LogP contribution in [0.2, 0.25) is 0 Å². The van der Waals surface area contributed by atoms with Gasteiger partial charge in [-0.2, -0.15) is 32.2 Å². The zero-order valence-electron chi connectivity index (χ0n) is 26.2. The summed E-state index contributed by atoms with van der Waals surface area (Å²) in [7, 11) is -14.3. The summed E-state index contributed by atoms with van der Waals surface area (Å²) in [6, 6.07) is 14.2. The number of aromatic carboxylic acids is 1. The standard InChI is InChI=1S/C29H26N6O13S3/c1-16-3-5-18(6-4-16)30-34-26-21(29(38)39)15-24(36)27(28(26)37)35-31-19-7-9-22(17(2)13-19)32-33-23-10-8-20(14-25(23)50(42,43)44)49(40,41)12-11-48-51(45,46)47/h3-10,13-15,30-31H,11-12H2,1-2H3,(H,38,39)(H,42,43,44)(H,45,46,47). The minimum absolute atomic E-state index is 0.156. The highest BCUT2D eigenvalue weighted by Crippen LogP contribution is 2.31. The molecule has 0 unspecified atom stereocenters. The van der Waals surface area contributed by atoms with Gasteiger partial charge in [0.2, 0.25) is 10.9 Å². The van der Waals surface area contributed by atoms with Crippen molar-refractivity contribution >= 4 is 59.1 Å². The Labute approximate surface area is 288 Å². The lowest BCUT2D eigenvalue weighted by Crippen LogP contribution is -2.50. The number of hydrogen-bond acceptors (Lipinski definition) is 16. The van der Waals surface area contributed by atoms with Crippen molar-refractivity contribution in [2.24, 2.45) is 20.4 Å². The number of nitrogens with one attached hydrogen (secondary N) is 2. The average molecular weight is 763 g/mol. The molecule has 51 heavy (non-hydrogen) atoms. The first kappa shape index (κ1) is 38.3. The van der Waals surface area contributed by atoms with Gasteiger partial charge >= 0.3 is 16.4 Å². The van der Waals surface area contributed by atoms with Gasteiger partial charge in [-0.05, 0) is 67.9 Å². The van der Waals surface area contributed by atoms with Crippen LogP contribution in [0.15, 0.2) is 107 Å². The van der Waals surface area contributed by atoms with Crippen LogP contribution in [0.4, 0.5) is 22.7 Å². The Balaban J connectivity index is 1.61. The van der Waals surface area contributed by atoms with Crippen molar-refractivity contribution in [1.82, 2.24) is 0 Å². The van der Waals surface area contributed by atoms with Crippen molar-refractivity contribution in [3.05, 3.63) is 115 Å². The van der Waals surface area contributed by atoms with E-state index >= 15 is 0 Å². The van der Waals surface area contributed by atoms with E-state index in [0.717, 1.165) is 23.8 Å². The summed E-state index contributed by atoms with van der Waals surface area (Å²) in [5.74, 6) is -2.52. The third-order valence-electron chi connectivity index (χ3n) is 6.68. The van der Waals surface area contributed by atoms with Crippen LogP contribution in [0.5, 0.6) is 0 Å². The monoisotopic (exact) mass is 762 g/mol. The van der Waals surface area contributed by atoms with Crippen molar-refractivity contribution in [1.29, 1.82) is 0 Å². The molecule has 0 aliphatic rings. The van der Waals surface area contributed by atoms with Crippen LogP contribution >= 0.6 is 0 Å². The third-order valence-corrected chi connectivity index (χ3v) is 9.71. The van der Waals surface area contributed by atoms with Gasteiger partial charge in [0, 0.05) is 6.07 Å². The second-order valence-corrected chi connectivity index (χ2v) is 15.0. The lowest BCUT2D eigenvalue weighted by molar-refractivity contribution is 0.0694. The van der Waals surface area contributed by atoms with E-state index in [9.17, 15) is 49.3 Å². The number of sulfone groups is 1. The third kappa shape index (κ3) is 10.0. The SMILES string of the molecule is Cc1ccc(NN=c2c(C(=O)O)cc(=O)c(=NNc3ccc(N=Nc4ccc(S(=O)(=O)CCOS(=O)(=O)O)cc4S(=O)(=O)O)c(C)c3)c2=O)cc1. The number of carbonyl (C=O) groups is 1. The number of azo groups is 1. The molecule has 268 valence electrons. The Morgan fingerprint density at radius 2 is 1.35 bits per heavy atom. The molecule has 22 heteroatoms. The van der Waals surface area contributed by atoms with E-state index in [1.165, 1.54) is 18.2 Å². The van der Waals surface area contributed by atoms with Crippen molar-refractivity contribution in [2.45, 2.75) is 23.6 Å². The van der Waals surface area contributed by atoms with Gasteiger partial charge < -0.3 is 5.11 Å². The Morgan fingerprint density at radius 1 is 0.765 bits per heavy atom. The van der Waals surface area contributed by atoms with E-state index < -0.39 is 91.3 Å². The molecule has 0 saturated heterocycles. The molecule has 4 aromatic rings. The lowest BCUT2D eigenvalue weighted by atomic mass is 10.2. The second kappa shape index (κ2) is 15.2. The van der Waals surface area contributed by atoms with Crippen LogP contribution < -0.4 is 32.4 Å². The molecule has 4 rings (SSSR count). The fourth-order valence-corrected chi connectivity index (χ4v) is 6.39. The van der Waals surface area contributed by atoms with Crippen LogP contribution in [0.3, 0.4) is 0 Å². The Bertz CT molecular complexity index is 2620. The molecule has 0 spiro atoms. The number of rotatable bonds is 13. The number of aryl methyl sites for hydroxylation is 2. The molecule has 0 bridgehead atoms. The molecule has 0 fully saturated rings. The molecule has 0 aliphatic heterocycles. The molecular weight excluding hydrogens is 737 g/mol. The molecule has 19 nitrogen and oxygen atoms in total. The van der Waals surface area contributed by atoms with Crippen LogP contribution in [-0.4, -0.2) is 57.8 Å². The molecular formula is C29H26N6O13S3. The summed E-state index contributed by atoms with van der Waals surface area (Å²) in [4.78, 5) is 35.9. The van der Waals surface area contributed by atoms with Gasteiger partial charge in [-0.25, -0.2) is 17.4 Å². The van der Waals surface area contributed by atoms with E-state index in [0.29, 0.717) is 17.3 Å². The maximum atomic E-state index is 13.1. The molecule has 0 aromatic heterocycles. The topological polar surface area (TPSA) is 297 Å². The Kier molecular flexibility index (Phi) is 11.4. The number of nitrogens with zero attached hydrogens (tertiary/aromatic N) is 4. The fourth-order valence-electron chi connectivity index (χ4n) is 4.15. The summed E-state index contributed by atoms with van der Waals surface area (Å²) in [6.07, 6.45) is 0. The predicted molar refractivity (Wildman–Crippen MR) is 179 cm³/mol. The number of benzene rings is 4. The van der Waals surface area contributed by atoms with E-state index in [-0.39, 0.29) is 11.4 Å². The highest BCUT2D eigenvalue weighted by atomic mass is 32.3. The summed E-state index contributed by atoms with van der Waals surface area (Å²) in [5.41, 5.74) is 4.17. The van der Waals surface area contributed by atoms with Gasteiger partial charge in [0.15, 0.2) is 15.2 Å². The lowest BCUT2D eigenvalue weighted by Gasteiger charge is -2.08. The molecule has 5 N–H and O–H groups in total. The summed E-state index contributed by atoms with van der Waals surface area (Å²) >= 11 is 0. The molecule has 0 heterocycles. The van der Waals surface area contributed by atoms with E-state index in [1.807, 2.05) is 6.92 Å². The molecule has 0 amide bonds. The highest BCUT2D eigenvalue weighted by Gasteiger charge is 2.23. The molecule has 0 radical (unpaired) electrons. The van der Waals surface area contributed by atoms with Gasteiger partial charge in [0.05, 0.1) is 39.9 Å². The Hall–Kier alpha value is -5.52. The largest absolute Gasteiger partial charge is 0.478 e. The quantitative estimate of drug-likeness (QED) is 0.0736. The van der Waals surface area contributed by atoms with E-state index in [4.69, 9.17) is 4.55 Å². The number of carboxylic acids is 1. The van der Waals surface area contributed by atoms with Gasteiger partial charge in [-0.3, -0.25) is 29.5 Å². The summed E-state index contributed by atoms with van der Waals surface area (Å²) in [5, 5.41) is 23.9. The van der Waals surface area contributed by atoms with Crippen molar-refractivity contribution in [2.75, 3.05) is 23.2 Å². The maximum absolute atomic E-state index is 13.1. The van der Waals surface area contributed by atoms with Crippen LogP contribution in [0.25, 0.3) is 0 Å². The smallest absolute Gasteiger partial charge is 0.397 e. The second-order valence-electron chi connectivity index (χ2n) is 10.4. The van der Waals surface area contributed by atoms with Crippen molar-refractivity contribution < 1.29 is 48.4 Å². The number of hydrogen-bond donors (Lipinski definition) is 5. The average Bonchev–Trinajstić information content (AvgIpc) is 3.03. The summed E-state index contributed by atoms with van der Waals surface area (Å²) in [6.45, 7) is 2.44. The normalized spacial score (nSPS) is 13.1. The first-order valence-corrected chi connectivity index (χ1v) is 18.5. The first-order chi connectivity index (χ1) is 23.7. The summed E-state index contributed by atoms with van der Waals surface area (Å²) < 4.78 is 92.8. The highest BCUT2D eigenvalue weighted by molar-refractivity contribution is 7.91. The predicted octanol–water partition coefficient (Wildman–Crippen LogP) is 1.71. The maximum Gasteiger partial charge on any atom is 0.397 e. The number of carboxylic acid groups (broad SMARTS) is 1. The van der Waals surface area contributed by atoms with Crippen molar-refractivity contribution in [3.63, 3.8) is 0 Å². The van der Waals surface area contributed by atoms with Crippen molar-refractivity contribution in [3.8, 4) is 0 Å².